The summed E-state index contributed by atoms with van der Waals surface area (Å²) in [5.41, 5.74) is 1.09. The smallest absolute Gasteiger partial charge is 0.131 e. The van der Waals surface area contributed by atoms with Gasteiger partial charge in [-0.15, -0.1) is 11.6 Å². The molecule has 72 valence electrons. The Morgan fingerprint density at radius 3 is 2.64 bits per heavy atom. The summed E-state index contributed by atoms with van der Waals surface area (Å²) >= 11 is 6.02. The van der Waals surface area contributed by atoms with Crippen LogP contribution in [0, 0.1) is 0 Å². The number of imidazole rings is 1. The highest BCUT2D eigenvalue weighted by atomic mass is 35.5. The molecule has 1 heterocycles. The SMILES string of the molecule is C[C@@H](Cl)c1nccn1-c1ccccc1. The summed E-state index contributed by atoms with van der Waals surface area (Å²) in [5.74, 6) is 0.873. The molecule has 1 aromatic heterocycles. The number of halogens is 1. The summed E-state index contributed by atoms with van der Waals surface area (Å²) in [6.07, 6.45) is 3.69. The van der Waals surface area contributed by atoms with Crippen molar-refractivity contribution in [3.63, 3.8) is 0 Å². The lowest BCUT2D eigenvalue weighted by Gasteiger charge is -2.08. The molecular formula is C11H11ClN2. The number of alkyl halides is 1. The first kappa shape index (κ1) is 9.28. The first-order valence-corrected chi connectivity index (χ1v) is 4.95. The molecule has 2 aromatic rings. The van der Waals surface area contributed by atoms with Crippen LogP contribution >= 0.6 is 11.6 Å². The van der Waals surface area contributed by atoms with Gasteiger partial charge in [-0.1, -0.05) is 18.2 Å². The second-order valence-electron chi connectivity index (χ2n) is 3.11. The van der Waals surface area contributed by atoms with Crippen LogP contribution in [0.1, 0.15) is 18.1 Å². The number of para-hydroxylation sites is 1. The summed E-state index contributed by atoms with van der Waals surface area (Å²) in [5, 5.41) is -0.0785. The Morgan fingerprint density at radius 1 is 1.29 bits per heavy atom. The Bertz CT molecular complexity index is 406. The monoisotopic (exact) mass is 206 g/mol. The van der Waals surface area contributed by atoms with E-state index in [4.69, 9.17) is 11.6 Å². The van der Waals surface area contributed by atoms with E-state index in [1.54, 1.807) is 6.20 Å². The quantitative estimate of drug-likeness (QED) is 0.691. The van der Waals surface area contributed by atoms with E-state index in [1.807, 2.05) is 48.0 Å². The average Bonchev–Trinajstić information content (AvgIpc) is 2.67. The molecule has 1 aromatic carbocycles. The fourth-order valence-corrected chi connectivity index (χ4v) is 1.58. The van der Waals surface area contributed by atoms with Gasteiger partial charge in [0.05, 0.1) is 5.38 Å². The normalized spacial score (nSPS) is 12.7. The Kier molecular flexibility index (Phi) is 2.55. The number of nitrogens with zero attached hydrogens (tertiary/aromatic N) is 2. The fraction of sp³-hybridized carbons (Fsp3) is 0.182. The predicted molar refractivity (Wildman–Crippen MR) is 57.8 cm³/mol. The van der Waals surface area contributed by atoms with Crippen LogP contribution in [0.3, 0.4) is 0 Å². The maximum atomic E-state index is 6.02. The lowest BCUT2D eigenvalue weighted by Crippen LogP contribution is -2.00. The molecular weight excluding hydrogens is 196 g/mol. The average molecular weight is 207 g/mol. The van der Waals surface area contributed by atoms with Crippen LogP contribution in [-0.2, 0) is 0 Å². The van der Waals surface area contributed by atoms with Crippen LogP contribution < -0.4 is 0 Å². The van der Waals surface area contributed by atoms with Crippen LogP contribution in [0.15, 0.2) is 42.7 Å². The molecule has 0 radical (unpaired) electrons. The minimum absolute atomic E-state index is 0.0785. The third-order valence-corrected chi connectivity index (χ3v) is 2.25. The second-order valence-corrected chi connectivity index (χ2v) is 3.76. The van der Waals surface area contributed by atoms with Crippen LogP contribution in [0.2, 0.25) is 0 Å². The molecule has 0 unspecified atom stereocenters. The first-order valence-electron chi connectivity index (χ1n) is 4.52. The highest BCUT2D eigenvalue weighted by Gasteiger charge is 2.09. The highest BCUT2D eigenvalue weighted by molar-refractivity contribution is 6.20. The number of benzene rings is 1. The van der Waals surface area contributed by atoms with Crippen molar-refractivity contribution in [2.45, 2.75) is 12.3 Å². The van der Waals surface area contributed by atoms with Gasteiger partial charge < -0.3 is 4.57 Å². The predicted octanol–water partition coefficient (Wildman–Crippen LogP) is 3.17. The molecule has 0 spiro atoms. The van der Waals surface area contributed by atoms with Crippen molar-refractivity contribution in [3.05, 3.63) is 48.5 Å². The van der Waals surface area contributed by atoms with Crippen molar-refractivity contribution in [1.82, 2.24) is 9.55 Å². The molecule has 0 aliphatic carbocycles. The van der Waals surface area contributed by atoms with Crippen LogP contribution in [0.25, 0.3) is 5.69 Å². The molecule has 0 saturated carbocycles. The molecule has 2 rings (SSSR count). The molecule has 0 N–H and O–H groups in total. The summed E-state index contributed by atoms with van der Waals surface area (Å²) in [7, 11) is 0. The zero-order chi connectivity index (χ0) is 9.97. The second kappa shape index (κ2) is 3.84. The molecule has 2 nitrogen and oxygen atoms in total. The molecule has 1 atom stereocenters. The van der Waals surface area contributed by atoms with Crippen molar-refractivity contribution in [2.75, 3.05) is 0 Å². The van der Waals surface area contributed by atoms with E-state index < -0.39 is 0 Å². The topological polar surface area (TPSA) is 17.8 Å². The van der Waals surface area contributed by atoms with E-state index in [0.29, 0.717) is 0 Å². The van der Waals surface area contributed by atoms with Gasteiger partial charge in [0.1, 0.15) is 5.82 Å². The number of aromatic nitrogens is 2. The first-order chi connectivity index (χ1) is 6.79. The van der Waals surface area contributed by atoms with Crippen molar-refractivity contribution in [2.24, 2.45) is 0 Å². The molecule has 0 saturated heterocycles. The highest BCUT2D eigenvalue weighted by Crippen LogP contribution is 2.20. The van der Waals surface area contributed by atoms with Crippen LogP contribution in [0.4, 0.5) is 0 Å². The zero-order valence-corrected chi connectivity index (χ0v) is 8.65. The van der Waals surface area contributed by atoms with Crippen molar-refractivity contribution < 1.29 is 0 Å². The van der Waals surface area contributed by atoms with E-state index in [2.05, 4.69) is 4.98 Å². The third kappa shape index (κ3) is 1.66. The zero-order valence-electron chi connectivity index (χ0n) is 7.89. The Morgan fingerprint density at radius 2 is 2.00 bits per heavy atom. The largest absolute Gasteiger partial charge is 0.303 e. The molecule has 0 bridgehead atoms. The minimum Gasteiger partial charge on any atom is -0.303 e. The van der Waals surface area contributed by atoms with Crippen LogP contribution in [0.5, 0.6) is 0 Å². The number of hydrogen-bond donors (Lipinski definition) is 0. The number of rotatable bonds is 2. The van der Waals surface area contributed by atoms with Gasteiger partial charge in [-0.05, 0) is 19.1 Å². The van der Waals surface area contributed by atoms with Crippen LogP contribution in [-0.4, -0.2) is 9.55 Å². The maximum absolute atomic E-state index is 6.02. The lowest BCUT2D eigenvalue weighted by atomic mass is 10.3. The van der Waals surface area contributed by atoms with Gasteiger partial charge in [-0.2, -0.15) is 0 Å². The summed E-state index contributed by atoms with van der Waals surface area (Å²) in [6.45, 7) is 1.92. The van der Waals surface area contributed by atoms with Crippen molar-refractivity contribution >= 4 is 11.6 Å². The summed E-state index contributed by atoms with van der Waals surface area (Å²) < 4.78 is 2.00. The summed E-state index contributed by atoms with van der Waals surface area (Å²) in [6, 6.07) is 10.1. The standard InChI is InChI=1S/C11H11ClN2/c1-9(12)11-13-7-8-14(11)10-5-3-2-4-6-10/h2-9H,1H3/t9-/m1/s1. The maximum Gasteiger partial charge on any atom is 0.131 e. The lowest BCUT2D eigenvalue weighted by molar-refractivity contribution is 0.867. The molecule has 0 aliphatic heterocycles. The van der Waals surface area contributed by atoms with E-state index >= 15 is 0 Å². The Labute approximate surface area is 88.2 Å². The third-order valence-electron chi connectivity index (χ3n) is 2.06. The molecule has 0 amide bonds. The Hall–Kier alpha value is -1.28. The minimum atomic E-state index is -0.0785. The van der Waals surface area contributed by atoms with Gasteiger partial charge in [0, 0.05) is 18.1 Å². The molecule has 0 fully saturated rings. The fourth-order valence-electron chi connectivity index (χ4n) is 1.42. The Balaban J connectivity index is 2.47. The van der Waals surface area contributed by atoms with E-state index in [0.717, 1.165) is 11.5 Å². The molecule has 14 heavy (non-hydrogen) atoms. The van der Waals surface area contributed by atoms with Crippen molar-refractivity contribution in [3.8, 4) is 5.69 Å². The van der Waals surface area contributed by atoms with Gasteiger partial charge >= 0.3 is 0 Å². The van der Waals surface area contributed by atoms with Gasteiger partial charge in [0.2, 0.25) is 0 Å². The molecule has 0 aliphatic rings. The molecule has 3 heteroatoms. The van der Waals surface area contributed by atoms with E-state index in [9.17, 15) is 0 Å². The number of hydrogen-bond acceptors (Lipinski definition) is 1. The summed E-state index contributed by atoms with van der Waals surface area (Å²) in [4.78, 5) is 4.22. The van der Waals surface area contributed by atoms with Gasteiger partial charge in [0.25, 0.3) is 0 Å². The van der Waals surface area contributed by atoms with Gasteiger partial charge in [-0.3, -0.25) is 0 Å². The van der Waals surface area contributed by atoms with Crippen molar-refractivity contribution in [1.29, 1.82) is 0 Å². The van der Waals surface area contributed by atoms with E-state index in [1.165, 1.54) is 0 Å². The van der Waals surface area contributed by atoms with Gasteiger partial charge in [0.15, 0.2) is 0 Å². The van der Waals surface area contributed by atoms with E-state index in [-0.39, 0.29) is 5.38 Å². The van der Waals surface area contributed by atoms with Gasteiger partial charge in [-0.25, -0.2) is 4.98 Å².